The number of hydrogen-bond acceptors (Lipinski definition) is 2. The van der Waals surface area contributed by atoms with Crippen molar-refractivity contribution < 1.29 is 14.7 Å². The molecule has 0 aliphatic heterocycles. The Bertz CT molecular complexity index is 725. The summed E-state index contributed by atoms with van der Waals surface area (Å²) in [5.74, 6) is -1.06. The third kappa shape index (κ3) is 3.92. The molecule has 23 heavy (non-hydrogen) atoms. The summed E-state index contributed by atoms with van der Waals surface area (Å²) in [4.78, 5) is 28.0. The van der Waals surface area contributed by atoms with Crippen LogP contribution in [0.25, 0.3) is 10.9 Å². The Labute approximate surface area is 136 Å². The van der Waals surface area contributed by atoms with E-state index in [0.29, 0.717) is 12.2 Å². The van der Waals surface area contributed by atoms with Crippen LogP contribution in [0.1, 0.15) is 50.2 Å². The normalized spacial score (nSPS) is 11.7. The molecule has 0 saturated heterocycles. The third-order valence-corrected chi connectivity index (χ3v) is 3.98. The van der Waals surface area contributed by atoms with E-state index in [1.165, 1.54) is 5.56 Å². The minimum Gasteiger partial charge on any atom is -0.481 e. The van der Waals surface area contributed by atoms with Gasteiger partial charge >= 0.3 is 5.97 Å². The number of nitrogens with one attached hydrogen (secondary N) is 1. The molecule has 0 unspecified atom stereocenters. The summed E-state index contributed by atoms with van der Waals surface area (Å²) in [7, 11) is 0. The van der Waals surface area contributed by atoms with E-state index in [9.17, 15) is 9.59 Å². The van der Waals surface area contributed by atoms with Gasteiger partial charge in [0.25, 0.3) is 5.91 Å². The zero-order valence-electron chi connectivity index (χ0n) is 14.1. The topological polar surface area (TPSA) is 73.4 Å². The second-order valence-corrected chi connectivity index (χ2v) is 6.76. The van der Waals surface area contributed by atoms with Crippen molar-refractivity contribution in [1.29, 1.82) is 0 Å². The zero-order valence-corrected chi connectivity index (χ0v) is 14.1. The van der Waals surface area contributed by atoms with Crippen LogP contribution in [-0.2, 0) is 10.2 Å². The van der Waals surface area contributed by atoms with Crippen LogP contribution in [0.15, 0.2) is 24.3 Å². The lowest BCUT2D eigenvalue weighted by molar-refractivity contribution is -0.137. The molecule has 0 aliphatic rings. The van der Waals surface area contributed by atoms with E-state index in [0.717, 1.165) is 10.9 Å². The van der Waals surface area contributed by atoms with Crippen molar-refractivity contribution in [3.63, 3.8) is 0 Å². The fourth-order valence-corrected chi connectivity index (χ4v) is 2.51. The molecular formula is C18H24N2O3. The molecule has 0 radical (unpaired) electrons. The van der Waals surface area contributed by atoms with Gasteiger partial charge in [-0.05, 0) is 30.0 Å². The highest BCUT2D eigenvalue weighted by Crippen LogP contribution is 2.26. The van der Waals surface area contributed by atoms with Gasteiger partial charge in [-0.15, -0.1) is 0 Å². The lowest BCUT2D eigenvalue weighted by atomic mass is 9.87. The van der Waals surface area contributed by atoms with E-state index in [2.05, 4.69) is 37.9 Å². The number of H-pyrrole nitrogens is 1. The van der Waals surface area contributed by atoms with Gasteiger partial charge in [0.05, 0.1) is 6.42 Å². The Morgan fingerprint density at radius 1 is 1.22 bits per heavy atom. The largest absolute Gasteiger partial charge is 0.481 e. The van der Waals surface area contributed by atoms with Crippen molar-refractivity contribution in [1.82, 2.24) is 9.88 Å². The summed E-state index contributed by atoms with van der Waals surface area (Å²) < 4.78 is 0. The zero-order chi connectivity index (χ0) is 17.2. The second kappa shape index (κ2) is 6.44. The Balaban J connectivity index is 2.28. The molecule has 0 spiro atoms. The highest BCUT2D eigenvalue weighted by atomic mass is 16.4. The van der Waals surface area contributed by atoms with Crippen molar-refractivity contribution in [2.24, 2.45) is 0 Å². The Kier molecular flexibility index (Phi) is 4.78. The summed E-state index contributed by atoms with van der Waals surface area (Å²) in [5.41, 5.74) is 2.66. The highest BCUT2D eigenvalue weighted by molar-refractivity contribution is 5.98. The predicted octanol–water partition coefficient (Wildman–Crippen LogP) is 3.40. The number of aromatic amines is 1. The number of carboxylic acids is 1. The molecule has 1 aromatic heterocycles. The smallest absolute Gasteiger partial charge is 0.305 e. The van der Waals surface area contributed by atoms with Crippen molar-refractivity contribution in [3.8, 4) is 0 Å². The van der Waals surface area contributed by atoms with Gasteiger partial charge < -0.3 is 15.0 Å². The number of nitrogens with zero attached hydrogens (tertiary/aromatic N) is 1. The number of carbonyl (C=O) groups excluding carboxylic acids is 1. The number of aromatic nitrogens is 1. The first kappa shape index (κ1) is 17.1. The first-order valence-electron chi connectivity index (χ1n) is 7.86. The number of fused-ring (bicyclic) bond motifs is 1. The van der Waals surface area contributed by atoms with Gasteiger partial charge in [0.15, 0.2) is 0 Å². The van der Waals surface area contributed by atoms with Crippen LogP contribution in [0, 0.1) is 0 Å². The molecule has 124 valence electrons. The number of aliphatic carboxylic acids is 1. The van der Waals surface area contributed by atoms with Crippen LogP contribution >= 0.6 is 0 Å². The van der Waals surface area contributed by atoms with E-state index >= 15 is 0 Å². The molecule has 0 saturated carbocycles. The molecule has 1 heterocycles. The standard InChI is InChI=1S/C18H24N2O3/c1-5-20(9-8-16(21)22)17(23)15-10-12-6-7-13(18(2,3)4)11-14(12)19-15/h6-7,10-11,19H,5,8-9H2,1-4H3,(H,21,22). The fourth-order valence-electron chi connectivity index (χ4n) is 2.51. The van der Waals surface area contributed by atoms with Crippen molar-refractivity contribution in [2.45, 2.75) is 39.5 Å². The summed E-state index contributed by atoms with van der Waals surface area (Å²) in [6.07, 6.45) is -0.0476. The SMILES string of the molecule is CCN(CCC(=O)O)C(=O)c1cc2ccc(C(C)(C)C)cc2[nH]1. The van der Waals surface area contributed by atoms with Crippen molar-refractivity contribution in [3.05, 3.63) is 35.5 Å². The van der Waals surface area contributed by atoms with Gasteiger partial charge in [0.1, 0.15) is 5.69 Å². The van der Waals surface area contributed by atoms with Crippen LogP contribution in [0.3, 0.4) is 0 Å². The first-order chi connectivity index (χ1) is 10.7. The first-order valence-corrected chi connectivity index (χ1v) is 7.86. The molecule has 2 rings (SSSR count). The summed E-state index contributed by atoms with van der Waals surface area (Å²) >= 11 is 0. The number of carboxylic acid groups (broad SMARTS) is 1. The summed E-state index contributed by atoms with van der Waals surface area (Å²) in [6.45, 7) is 8.98. The Morgan fingerprint density at radius 2 is 1.91 bits per heavy atom. The molecule has 5 nitrogen and oxygen atoms in total. The van der Waals surface area contributed by atoms with Crippen LogP contribution in [0.4, 0.5) is 0 Å². The molecule has 2 aromatic rings. The summed E-state index contributed by atoms with van der Waals surface area (Å²) in [5, 5.41) is 9.77. The van der Waals surface area contributed by atoms with E-state index in [-0.39, 0.29) is 24.3 Å². The minimum atomic E-state index is -0.900. The lowest BCUT2D eigenvalue weighted by Gasteiger charge is -2.19. The second-order valence-electron chi connectivity index (χ2n) is 6.76. The molecular weight excluding hydrogens is 292 g/mol. The average Bonchev–Trinajstić information content (AvgIpc) is 2.89. The molecule has 0 atom stereocenters. The van der Waals surface area contributed by atoms with Gasteiger partial charge in [0.2, 0.25) is 0 Å². The van der Waals surface area contributed by atoms with Crippen LogP contribution in [-0.4, -0.2) is 40.0 Å². The molecule has 5 heteroatoms. The molecule has 2 N–H and O–H groups in total. The van der Waals surface area contributed by atoms with Gasteiger partial charge in [-0.25, -0.2) is 0 Å². The quantitative estimate of drug-likeness (QED) is 0.888. The van der Waals surface area contributed by atoms with Crippen LogP contribution < -0.4 is 0 Å². The highest BCUT2D eigenvalue weighted by Gasteiger charge is 2.19. The van der Waals surface area contributed by atoms with Crippen molar-refractivity contribution in [2.75, 3.05) is 13.1 Å². The van der Waals surface area contributed by atoms with Gasteiger partial charge in [-0.2, -0.15) is 0 Å². The molecule has 0 bridgehead atoms. The Morgan fingerprint density at radius 3 is 2.48 bits per heavy atom. The molecule has 1 aromatic carbocycles. The predicted molar refractivity (Wildman–Crippen MR) is 90.8 cm³/mol. The number of hydrogen-bond donors (Lipinski definition) is 2. The average molecular weight is 316 g/mol. The Hall–Kier alpha value is -2.30. The summed E-state index contributed by atoms with van der Waals surface area (Å²) in [6, 6.07) is 7.98. The number of carbonyl (C=O) groups is 2. The van der Waals surface area contributed by atoms with E-state index in [4.69, 9.17) is 5.11 Å². The maximum Gasteiger partial charge on any atom is 0.305 e. The number of amides is 1. The number of rotatable bonds is 5. The third-order valence-electron chi connectivity index (χ3n) is 3.98. The lowest BCUT2D eigenvalue weighted by Crippen LogP contribution is -2.33. The maximum absolute atomic E-state index is 12.5. The van der Waals surface area contributed by atoms with E-state index in [1.807, 2.05) is 19.1 Å². The van der Waals surface area contributed by atoms with Crippen LogP contribution in [0.5, 0.6) is 0 Å². The van der Waals surface area contributed by atoms with Gasteiger partial charge in [-0.1, -0.05) is 32.9 Å². The van der Waals surface area contributed by atoms with E-state index in [1.54, 1.807) is 4.90 Å². The van der Waals surface area contributed by atoms with Gasteiger partial charge in [-0.3, -0.25) is 9.59 Å². The fraction of sp³-hybridized carbons (Fsp3) is 0.444. The van der Waals surface area contributed by atoms with Crippen molar-refractivity contribution >= 4 is 22.8 Å². The number of benzene rings is 1. The minimum absolute atomic E-state index is 0.0421. The molecule has 0 aliphatic carbocycles. The monoisotopic (exact) mass is 316 g/mol. The van der Waals surface area contributed by atoms with E-state index < -0.39 is 5.97 Å². The van der Waals surface area contributed by atoms with Gasteiger partial charge in [0, 0.05) is 24.0 Å². The maximum atomic E-state index is 12.5. The van der Waals surface area contributed by atoms with Crippen LogP contribution in [0.2, 0.25) is 0 Å². The molecule has 1 amide bonds. The molecule has 0 fully saturated rings.